The molecule has 4 aliphatic rings. The third kappa shape index (κ3) is 10.3. The molecule has 2 aromatic rings. The summed E-state index contributed by atoms with van der Waals surface area (Å²) in [5.41, 5.74) is 4.73. The molecule has 1 fully saturated rings. The van der Waals surface area contributed by atoms with Gasteiger partial charge in [-0.25, -0.2) is 13.8 Å². The van der Waals surface area contributed by atoms with E-state index >= 15 is 0 Å². The van der Waals surface area contributed by atoms with Gasteiger partial charge >= 0.3 is 0 Å². The lowest BCUT2D eigenvalue weighted by Gasteiger charge is -2.35. The number of aliphatic imine (C=N–C) groups is 3. The van der Waals surface area contributed by atoms with E-state index in [9.17, 15) is 18.7 Å². The highest BCUT2D eigenvalue weighted by Crippen LogP contribution is 2.46. The second-order valence-corrected chi connectivity index (χ2v) is 16.5. The van der Waals surface area contributed by atoms with Crippen LogP contribution in [-0.2, 0) is 4.79 Å². The number of amidine groups is 1. The molecule has 1 saturated heterocycles. The molecule has 6 rings (SSSR count). The largest absolute Gasteiger partial charge is 0.385 e. The molecule has 0 saturated carbocycles. The molecule has 0 aliphatic carbocycles. The van der Waals surface area contributed by atoms with Gasteiger partial charge < -0.3 is 10.0 Å². The molecule has 5 atom stereocenters. The molecule has 11 heteroatoms. The average Bonchev–Trinajstić information content (AvgIpc) is 3.97. The Morgan fingerprint density at radius 2 is 2.09 bits per heavy atom. The van der Waals surface area contributed by atoms with Crippen LogP contribution in [0.5, 0.6) is 0 Å². The number of hydrogen-bond acceptors (Lipinski definition) is 8. The maximum absolute atomic E-state index is 14.3. The number of thioether (sulfide) groups is 1. The fourth-order valence-corrected chi connectivity index (χ4v) is 9.28. The molecule has 7 nitrogen and oxygen atoms in total. The number of benzene rings is 1. The van der Waals surface area contributed by atoms with Crippen molar-refractivity contribution in [2.24, 2.45) is 20.9 Å². The van der Waals surface area contributed by atoms with Crippen molar-refractivity contribution in [3.8, 4) is 0 Å². The maximum Gasteiger partial charge on any atom is 0.133 e. The van der Waals surface area contributed by atoms with Crippen LogP contribution in [0.4, 0.5) is 8.78 Å². The highest BCUT2D eigenvalue weighted by Gasteiger charge is 2.43. The summed E-state index contributed by atoms with van der Waals surface area (Å²) in [6.07, 6.45) is 20.2. The molecule has 5 heterocycles. The number of pyridine rings is 1. The SMILES string of the molecule is C=C/C(=C\C(=C\c1cccnc1)N=C)C(O)(CCC)CCCCC(=O)CC1CC2=C(C3=N/C(=C\C(C)F)C=C3)[C@H](c3ccc(F)cc3Cl)N=C(C3CC=CS3)N2C1. The summed E-state index contributed by atoms with van der Waals surface area (Å²) < 4.78 is 28.3. The lowest BCUT2D eigenvalue weighted by molar-refractivity contribution is -0.120. The fourth-order valence-electron chi connectivity index (χ4n) is 8.06. The Balaban J connectivity index is 1.19. The summed E-state index contributed by atoms with van der Waals surface area (Å²) in [4.78, 5) is 34.4. The van der Waals surface area contributed by atoms with Crippen molar-refractivity contribution in [1.82, 2.24) is 9.88 Å². The number of aliphatic hydroxyl groups is 1. The number of halogens is 3. The van der Waals surface area contributed by atoms with Gasteiger partial charge in [-0.2, -0.15) is 0 Å². The lowest BCUT2D eigenvalue weighted by Crippen LogP contribution is -2.39. The summed E-state index contributed by atoms with van der Waals surface area (Å²) in [7, 11) is 0. The van der Waals surface area contributed by atoms with Crippen LogP contribution in [-0.4, -0.2) is 62.6 Å². The van der Waals surface area contributed by atoms with Crippen molar-refractivity contribution in [2.75, 3.05) is 6.54 Å². The minimum absolute atomic E-state index is 0.0325. The number of aromatic nitrogens is 1. The van der Waals surface area contributed by atoms with Crippen molar-refractivity contribution >= 4 is 53.5 Å². The predicted molar refractivity (Wildman–Crippen MR) is 232 cm³/mol. The summed E-state index contributed by atoms with van der Waals surface area (Å²) in [5.74, 6) is 0.679. The molecule has 4 aliphatic heterocycles. The third-order valence-electron chi connectivity index (χ3n) is 10.7. The molecule has 1 N–H and O–H groups in total. The van der Waals surface area contributed by atoms with Gasteiger partial charge in [0.1, 0.15) is 29.6 Å². The molecule has 57 heavy (non-hydrogen) atoms. The molecule has 1 aromatic carbocycles. The maximum atomic E-state index is 14.3. The van der Waals surface area contributed by atoms with Crippen LogP contribution in [0.2, 0.25) is 5.02 Å². The minimum atomic E-state index is -1.17. The van der Waals surface area contributed by atoms with Gasteiger partial charge in [0.2, 0.25) is 0 Å². The van der Waals surface area contributed by atoms with Crippen LogP contribution < -0.4 is 0 Å². The first-order valence-electron chi connectivity index (χ1n) is 19.7. The Morgan fingerprint density at radius 3 is 2.77 bits per heavy atom. The number of nitrogens with zero attached hydrogens (tertiary/aromatic N) is 5. The number of carbonyl (C=O) groups is 1. The van der Waals surface area contributed by atoms with Gasteiger partial charge in [-0.3, -0.25) is 19.8 Å². The van der Waals surface area contributed by atoms with Crippen molar-refractivity contribution in [3.63, 3.8) is 0 Å². The number of alkyl halides is 1. The first-order valence-corrected chi connectivity index (χ1v) is 21.0. The van der Waals surface area contributed by atoms with Gasteiger partial charge in [0, 0.05) is 53.6 Å². The zero-order valence-electron chi connectivity index (χ0n) is 32.6. The lowest BCUT2D eigenvalue weighted by atomic mass is 9.83. The van der Waals surface area contributed by atoms with E-state index in [0.717, 1.165) is 35.5 Å². The van der Waals surface area contributed by atoms with Gasteiger partial charge in [-0.05, 0) is 123 Å². The Morgan fingerprint density at radius 1 is 1.25 bits per heavy atom. The first-order chi connectivity index (χ1) is 27.5. The molecule has 0 spiro atoms. The monoisotopic (exact) mass is 809 g/mol. The van der Waals surface area contributed by atoms with Crippen LogP contribution in [0.15, 0.2) is 134 Å². The molecule has 298 valence electrons. The molecule has 4 unspecified atom stereocenters. The molecule has 0 amide bonds. The number of allylic oxidation sites excluding steroid dienone is 6. The van der Waals surface area contributed by atoms with E-state index < -0.39 is 23.6 Å². The van der Waals surface area contributed by atoms with Crippen molar-refractivity contribution in [2.45, 2.75) is 94.7 Å². The summed E-state index contributed by atoms with van der Waals surface area (Å²) in [6, 6.07) is 7.59. The second-order valence-electron chi connectivity index (χ2n) is 15.0. The van der Waals surface area contributed by atoms with E-state index in [4.69, 9.17) is 21.6 Å². The van der Waals surface area contributed by atoms with Crippen LogP contribution in [0.25, 0.3) is 6.08 Å². The molecular weight excluding hydrogens is 760 g/mol. The topological polar surface area (TPSA) is 90.5 Å². The van der Waals surface area contributed by atoms with Crippen molar-refractivity contribution in [3.05, 3.63) is 141 Å². The summed E-state index contributed by atoms with van der Waals surface area (Å²) in [6.45, 7) is 11.8. The van der Waals surface area contributed by atoms with Gasteiger partial charge in [0.05, 0.1) is 28.0 Å². The van der Waals surface area contributed by atoms with E-state index in [1.165, 1.54) is 25.1 Å². The van der Waals surface area contributed by atoms with E-state index in [2.05, 4.69) is 39.7 Å². The minimum Gasteiger partial charge on any atom is -0.385 e. The smallest absolute Gasteiger partial charge is 0.133 e. The Bertz CT molecular complexity index is 2090. The van der Waals surface area contributed by atoms with E-state index in [-0.39, 0.29) is 22.0 Å². The number of unbranched alkanes of at least 4 members (excludes halogenated alkanes) is 1. The van der Waals surface area contributed by atoms with Gasteiger partial charge in [0.15, 0.2) is 0 Å². The second kappa shape index (κ2) is 19.3. The number of ketones is 1. The zero-order chi connectivity index (χ0) is 40.5. The Kier molecular flexibility index (Phi) is 14.2. The number of Topliss-reactive ketones (excluding diaryl/α,β-unsaturated/α-hetero) is 1. The van der Waals surface area contributed by atoms with Crippen LogP contribution in [0.1, 0.15) is 88.8 Å². The van der Waals surface area contributed by atoms with E-state index in [1.807, 2.05) is 37.3 Å². The Labute approximate surface area is 344 Å². The number of carbonyl (C=O) groups excluding carboxylic acids is 1. The quantitative estimate of drug-likeness (QED) is 0.0920. The van der Waals surface area contributed by atoms with E-state index in [1.54, 1.807) is 42.4 Å². The predicted octanol–water partition coefficient (Wildman–Crippen LogP) is 11.1. The summed E-state index contributed by atoms with van der Waals surface area (Å²) in [5, 5.41) is 14.3. The van der Waals surface area contributed by atoms with Gasteiger partial charge in [-0.15, -0.1) is 11.8 Å². The van der Waals surface area contributed by atoms with Crippen LogP contribution in [0.3, 0.4) is 0 Å². The standard InChI is InChI=1S/C46H50ClF2N5O2S/c1-5-18-46(56,33(6-2)26-36(50-4)23-31-11-9-20-51-28-31)19-8-7-12-37(55)24-32-25-41-43(40-17-15-35(52-40)22-30(3)48)44(38-16-14-34(49)27-39(38)47)53-45(54(41)29-32)42-13-10-21-57-42/h6,9-11,14-17,20-23,26-28,30,32,42,44,56H,2,4-5,7-8,12-13,18-19,24-25,29H2,1,3H3/b33-26+,35-22-,36-23-/t30?,32?,42?,44-,46?/m0/s1. The molecule has 1 aromatic heterocycles. The van der Waals surface area contributed by atoms with Crippen molar-refractivity contribution in [1.29, 1.82) is 0 Å². The van der Waals surface area contributed by atoms with Gasteiger partial charge in [0.25, 0.3) is 0 Å². The molecule has 0 bridgehead atoms. The number of hydrogen-bond donors (Lipinski definition) is 1. The van der Waals surface area contributed by atoms with Crippen LogP contribution in [0, 0.1) is 11.7 Å². The molecule has 0 radical (unpaired) electrons. The zero-order valence-corrected chi connectivity index (χ0v) is 34.2. The highest BCUT2D eigenvalue weighted by atomic mass is 35.5. The fraction of sp³-hybridized carbons (Fsp3) is 0.370. The average molecular weight is 810 g/mol. The Hall–Kier alpha value is -4.51. The first kappa shape index (κ1) is 42.1. The van der Waals surface area contributed by atoms with E-state index in [0.29, 0.717) is 79.7 Å². The van der Waals surface area contributed by atoms with Crippen molar-refractivity contribution < 1.29 is 18.7 Å². The normalized spacial score (nSPS) is 23.1. The van der Waals surface area contributed by atoms with Gasteiger partial charge in [-0.1, -0.05) is 55.8 Å². The highest BCUT2D eigenvalue weighted by molar-refractivity contribution is 8.03. The number of rotatable bonds is 18. The number of fused-ring (bicyclic) bond motifs is 1. The molecular formula is C46H50ClF2N5O2S. The van der Waals surface area contributed by atoms with Crippen LogP contribution >= 0.6 is 23.4 Å². The summed E-state index contributed by atoms with van der Waals surface area (Å²) >= 11 is 8.42. The third-order valence-corrected chi connectivity index (χ3v) is 12.1.